The number of aliphatic carboxylic acids is 1. The largest absolute Gasteiger partial charge is 0.508 e. The van der Waals surface area contributed by atoms with Crippen LogP contribution in [-0.2, 0) is 16.0 Å². The molecule has 0 radical (unpaired) electrons. The van der Waals surface area contributed by atoms with E-state index in [-0.39, 0.29) is 53.5 Å². The Hall–Kier alpha value is -2.37. The van der Waals surface area contributed by atoms with Crippen molar-refractivity contribution >= 4 is 17.5 Å². The van der Waals surface area contributed by atoms with Crippen molar-refractivity contribution in [1.82, 2.24) is 0 Å². The lowest BCUT2D eigenvalue weighted by Crippen LogP contribution is -2.29. The van der Waals surface area contributed by atoms with Gasteiger partial charge in [-0.1, -0.05) is 0 Å². The minimum atomic E-state index is -1.10. The Morgan fingerprint density at radius 3 is 2.70 bits per heavy atom. The van der Waals surface area contributed by atoms with Crippen molar-refractivity contribution in [1.29, 1.82) is 0 Å². The maximum Gasteiger partial charge on any atom is 0.307 e. The van der Waals surface area contributed by atoms with Gasteiger partial charge in [-0.05, 0) is 18.6 Å². The molecular formula is C14H14O6. The summed E-state index contributed by atoms with van der Waals surface area (Å²) in [6, 6.07) is 2.52. The average molecular weight is 278 g/mol. The Balaban J connectivity index is 2.40. The second kappa shape index (κ2) is 5.32. The summed E-state index contributed by atoms with van der Waals surface area (Å²) in [6.45, 7) is 1.40. The lowest BCUT2D eigenvalue weighted by atomic mass is 9.92. The van der Waals surface area contributed by atoms with Gasteiger partial charge in [-0.15, -0.1) is 0 Å². The van der Waals surface area contributed by atoms with Crippen LogP contribution < -0.4 is 4.74 Å². The van der Waals surface area contributed by atoms with Crippen LogP contribution in [0.1, 0.15) is 35.7 Å². The van der Waals surface area contributed by atoms with Gasteiger partial charge in [0.2, 0.25) is 0 Å². The molecule has 1 aliphatic rings. The predicted molar refractivity (Wildman–Crippen MR) is 68.1 cm³/mol. The van der Waals surface area contributed by atoms with Gasteiger partial charge in [0.1, 0.15) is 23.4 Å². The molecule has 2 N–H and O–H groups in total. The van der Waals surface area contributed by atoms with Gasteiger partial charge in [0.15, 0.2) is 5.78 Å². The minimum absolute atomic E-state index is 0.0317. The van der Waals surface area contributed by atoms with Gasteiger partial charge >= 0.3 is 5.97 Å². The minimum Gasteiger partial charge on any atom is -0.508 e. The quantitative estimate of drug-likeness (QED) is 0.861. The zero-order chi connectivity index (χ0) is 14.9. The molecule has 1 aromatic rings. The third kappa shape index (κ3) is 2.96. The van der Waals surface area contributed by atoms with Gasteiger partial charge in [0.05, 0.1) is 12.0 Å². The molecular weight excluding hydrogens is 264 g/mol. The van der Waals surface area contributed by atoms with E-state index < -0.39 is 12.1 Å². The number of rotatable bonds is 4. The van der Waals surface area contributed by atoms with Crippen molar-refractivity contribution < 1.29 is 29.3 Å². The lowest BCUT2D eigenvalue weighted by Gasteiger charge is -2.26. The fraction of sp³-hybridized carbons (Fsp3) is 0.357. The number of carboxylic acid groups (broad SMARTS) is 1. The van der Waals surface area contributed by atoms with E-state index in [1.807, 2.05) is 0 Å². The standard InChI is InChI=1S/C14H14O6/c1-7(15)2-10-6-11(17)14-8(4-13(18)19)3-9(16)5-12(14)20-10/h3,5,10,16H,2,4,6H2,1H3,(H,18,19)/t10-/m1/s1. The third-order valence-corrected chi connectivity index (χ3v) is 3.01. The first-order chi connectivity index (χ1) is 9.36. The van der Waals surface area contributed by atoms with E-state index in [1.165, 1.54) is 19.1 Å². The second-order valence-corrected chi connectivity index (χ2v) is 4.82. The number of ketones is 2. The molecule has 0 aliphatic carbocycles. The van der Waals surface area contributed by atoms with E-state index in [4.69, 9.17) is 9.84 Å². The SMILES string of the molecule is CC(=O)C[C@@H]1CC(=O)c2c(CC(=O)O)cc(O)cc2O1. The van der Waals surface area contributed by atoms with Gasteiger partial charge in [0, 0.05) is 18.9 Å². The smallest absolute Gasteiger partial charge is 0.307 e. The van der Waals surface area contributed by atoms with Crippen LogP contribution in [0.4, 0.5) is 0 Å². The van der Waals surface area contributed by atoms with Crippen molar-refractivity contribution in [3.8, 4) is 11.5 Å². The van der Waals surface area contributed by atoms with Gasteiger partial charge in [-0.3, -0.25) is 14.4 Å². The number of fused-ring (bicyclic) bond motifs is 1. The normalized spacial score (nSPS) is 17.2. The predicted octanol–water partition coefficient (Wildman–Crippen LogP) is 1.33. The first-order valence-corrected chi connectivity index (χ1v) is 6.13. The third-order valence-electron chi connectivity index (χ3n) is 3.01. The molecule has 1 aliphatic heterocycles. The van der Waals surface area contributed by atoms with Crippen LogP contribution in [0.15, 0.2) is 12.1 Å². The first kappa shape index (κ1) is 14.0. The van der Waals surface area contributed by atoms with Gasteiger partial charge < -0.3 is 14.9 Å². The monoisotopic (exact) mass is 278 g/mol. The highest BCUT2D eigenvalue weighted by atomic mass is 16.5. The van der Waals surface area contributed by atoms with Crippen molar-refractivity contribution in [2.75, 3.05) is 0 Å². The number of benzene rings is 1. The number of carbonyl (C=O) groups excluding carboxylic acids is 2. The summed E-state index contributed by atoms with van der Waals surface area (Å²) in [5.41, 5.74) is 0.406. The van der Waals surface area contributed by atoms with Crippen LogP contribution in [0, 0.1) is 0 Å². The topological polar surface area (TPSA) is 101 Å². The number of carbonyl (C=O) groups is 3. The molecule has 20 heavy (non-hydrogen) atoms. The molecule has 0 saturated carbocycles. The molecule has 2 rings (SSSR count). The summed E-state index contributed by atoms with van der Waals surface area (Å²) in [7, 11) is 0. The molecule has 0 fully saturated rings. The van der Waals surface area contributed by atoms with Crippen molar-refractivity contribution in [3.63, 3.8) is 0 Å². The molecule has 0 aromatic heterocycles. The molecule has 0 spiro atoms. The van der Waals surface area contributed by atoms with E-state index in [0.717, 1.165) is 0 Å². The summed E-state index contributed by atoms with van der Waals surface area (Å²) >= 11 is 0. The first-order valence-electron chi connectivity index (χ1n) is 6.13. The summed E-state index contributed by atoms with van der Waals surface area (Å²) < 4.78 is 5.52. The number of phenolic OH excluding ortho intramolecular Hbond substituents is 1. The Kier molecular flexibility index (Phi) is 3.74. The fourth-order valence-electron chi connectivity index (χ4n) is 2.33. The fourth-order valence-corrected chi connectivity index (χ4v) is 2.33. The number of aromatic hydroxyl groups is 1. The Morgan fingerprint density at radius 2 is 2.10 bits per heavy atom. The maximum atomic E-state index is 12.1. The molecule has 1 aromatic carbocycles. The van der Waals surface area contributed by atoms with Gasteiger partial charge in [0.25, 0.3) is 0 Å². The molecule has 1 atom stereocenters. The van der Waals surface area contributed by atoms with E-state index in [0.29, 0.717) is 0 Å². The van der Waals surface area contributed by atoms with Gasteiger partial charge in [-0.2, -0.15) is 0 Å². The highest BCUT2D eigenvalue weighted by Crippen LogP contribution is 2.35. The highest BCUT2D eigenvalue weighted by Gasteiger charge is 2.30. The summed E-state index contributed by atoms with van der Waals surface area (Å²) in [5, 5.41) is 18.4. The Labute approximate surface area is 115 Å². The van der Waals surface area contributed by atoms with Crippen molar-refractivity contribution in [2.45, 2.75) is 32.3 Å². The van der Waals surface area contributed by atoms with Crippen LogP contribution in [0.25, 0.3) is 0 Å². The number of carboxylic acids is 1. The summed E-state index contributed by atoms with van der Waals surface area (Å²) in [5.74, 6) is -1.50. The maximum absolute atomic E-state index is 12.1. The Bertz CT molecular complexity index is 590. The molecule has 0 amide bonds. The number of Topliss-reactive ketones (excluding diaryl/α,β-unsaturated/α-hetero) is 2. The van der Waals surface area contributed by atoms with Crippen LogP contribution >= 0.6 is 0 Å². The van der Waals surface area contributed by atoms with E-state index in [1.54, 1.807) is 0 Å². The van der Waals surface area contributed by atoms with Crippen LogP contribution in [0.2, 0.25) is 0 Å². The molecule has 1 heterocycles. The number of phenols is 1. The average Bonchev–Trinajstić information content (AvgIpc) is 2.24. The molecule has 0 saturated heterocycles. The number of ether oxygens (including phenoxy) is 1. The van der Waals surface area contributed by atoms with Crippen LogP contribution in [0.3, 0.4) is 0 Å². The molecule has 6 heteroatoms. The lowest BCUT2D eigenvalue weighted by molar-refractivity contribution is -0.136. The Morgan fingerprint density at radius 1 is 1.40 bits per heavy atom. The van der Waals surface area contributed by atoms with E-state index >= 15 is 0 Å². The van der Waals surface area contributed by atoms with Crippen molar-refractivity contribution in [3.05, 3.63) is 23.3 Å². The molecule has 0 bridgehead atoms. The van der Waals surface area contributed by atoms with E-state index in [9.17, 15) is 19.5 Å². The second-order valence-electron chi connectivity index (χ2n) is 4.82. The highest BCUT2D eigenvalue weighted by molar-refractivity contribution is 6.02. The zero-order valence-corrected chi connectivity index (χ0v) is 10.9. The number of hydrogen-bond acceptors (Lipinski definition) is 5. The van der Waals surface area contributed by atoms with Crippen molar-refractivity contribution in [2.24, 2.45) is 0 Å². The van der Waals surface area contributed by atoms with E-state index in [2.05, 4.69) is 0 Å². The molecule has 0 unspecified atom stereocenters. The molecule has 106 valence electrons. The molecule has 6 nitrogen and oxygen atoms in total. The van der Waals surface area contributed by atoms with Crippen LogP contribution in [0.5, 0.6) is 11.5 Å². The van der Waals surface area contributed by atoms with Gasteiger partial charge in [-0.25, -0.2) is 0 Å². The zero-order valence-electron chi connectivity index (χ0n) is 10.9. The summed E-state index contributed by atoms with van der Waals surface area (Å²) in [4.78, 5) is 34.0. The van der Waals surface area contributed by atoms with Crippen LogP contribution in [-0.4, -0.2) is 33.9 Å². The summed E-state index contributed by atoms with van der Waals surface area (Å²) in [6.07, 6.45) is -0.797. The number of hydrogen-bond donors (Lipinski definition) is 2.